The molecule has 122 valence electrons. The first-order valence-corrected chi connectivity index (χ1v) is 7.94. The van der Waals surface area contributed by atoms with Crippen molar-refractivity contribution in [2.75, 3.05) is 6.61 Å². The first-order valence-electron chi connectivity index (χ1n) is 6.26. The van der Waals surface area contributed by atoms with Gasteiger partial charge in [0.1, 0.15) is 0 Å². The van der Waals surface area contributed by atoms with Crippen LogP contribution in [0.2, 0.25) is 0 Å². The van der Waals surface area contributed by atoms with Gasteiger partial charge in [0.25, 0.3) is 0 Å². The van der Waals surface area contributed by atoms with E-state index in [9.17, 15) is 18.9 Å². The van der Waals surface area contributed by atoms with Crippen LogP contribution in [0, 0.1) is 5.92 Å². The summed E-state index contributed by atoms with van der Waals surface area (Å²) in [6, 6.07) is 0. The van der Waals surface area contributed by atoms with Crippen LogP contribution in [0.3, 0.4) is 0 Å². The molecule has 10 heteroatoms. The lowest BCUT2D eigenvalue weighted by Gasteiger charge is -2.20. The minimum absolute atomic E-state index is 0.0392. The number of hydrogen-bond donors (Lipinski definition) is 4. The van der Waals surface area contributed by atoms with Crippen LogP contribution in [0.4, 0.5) is 0 Å². The predicted octanol–water partition coefficient (Wildman–Crippen LogP) is 0.442. The molecule has 0 saturated carbocycles. The number of aliphatic carboxylic acids is 2. The van der Waals surface area contributed by atoms with Gasteiger partial charge in [-0.25, -0.2) is 0 Å². The van der Waals surface area contributed by atoms with Gasteiger partial charge < -0.3 is 24.7 Å². The first kappa shape index (κ1) is 19.6. The second-order valence-corrected chi connectivity index (χ2v) is 6.30. The summed E-state index contributed by atoms with van der Waals surface area (Å²) in [6.07, 6.45) is -0.438. The number of carboxylic acids is 2. The summed E-state index contributed by atoms with van der Waals surface area (Å²) in [5, 5.41) is 17.5. The number of carbonyl (C=O) groups is 3. The molecule has 0 aliphatic carbocycles. The third-order valence-corrected chi connectivity index (χ3v) is 3.93. The van der Waals surface area contributed by atoms with Crippen LogP contribution in [0.15, 0.2) is 0 Å². The molecule has 0 bridgehead atoms. The van der Waals surface area contributed by atoms with Crippen molar-refractivity contribution in [2.24, 2.45) is 5.92 Å². The zero-order valence-electron chi connectivity index (χ0n) is 11.5. The molecule has 0 heterocycles. The molecule has 4 N–H and O–H groups in total. The Labute approximate surface area is 121 Å². The molecule has 0 radical (unpaired) electrons. The maximum absolute atomic E-state index is 11.7. The smallest absolute Gasteiger partial charge is 0.339 e. The molecule has 21 heavy (non-hydrogen) atoms. The molecule has 0 aliphatic rings. The Morgan fingerprint density at radius 1 is 1.19 bits per heavy atom. The van der Waals surface area contributed by atoms with Gasteiger partial charge in [0.15, 0.2) is 5.66 Å². The fourth-order valence-corrected chi connectivity index (χ4v) is 2.41. The lowest BCUT2D eigenvalue weighted by atomic mass is 9.99. The van der Waals surface area contributed by atoms with E-state index in [1.54, 1.807) is 0 Å². The average Bonchev–Trinajstić information content (AvgIpc) is 2.32. The summed E-state index contributed by atoms with van der Waals surface area (Å²) < 4.78 is 16.0. The van der Waals surface area contributed by atoms with Crippen LogP contribution in [-0.4, -0.2) is 50.2 Å². The SMILES string of the molecule is CCCCOC(=O)C(CC(CC(=O)O)C(=O)O)P(=O)(O)O. The largest absolute Gasteiger partial charge is 0.481 e. The molecule has 2 atom stereocenters. The summed E-state index contributed by atoms with van der Waals surface area (Å²) in [7, 11) is -4.95. The molecular formula is C11H19O9P. The van der Waals surface area contributed by atoms with Crippen LogP contribution in [0.1, 0.15) is 32.6 Å². The highest BCUT2D eigenvalue weighted by atomic mass is 31.2. The Morgan fingerprint density at radius 2 is 1.76 bits per heavy atom. The van der Waals surface area contributed by atoms with Gasteiger partial charge >= 0.3 is 25.5 Å². The Balaban J connectivity index is 4.98. The molecule has 0 aromatic heterocycles. The minimum Gasteiger partial charge on any atom is -0.481 e. The van der Waals surface area contributed by atoms with E-state index in [1.165, 1.54) is 0 Å². The van der Waals surface area contributed by atoms with Crippen LogP contribution in [0.5, 0.6) is 0 Å². The summed E-state index contributed by atoms with van der Waals surface area (Å²) in [6.45, 7) is 1.78. The Hall–Kier alpha value is -1.44. The molecule has 0 rings (SSSR count). The molecule has 0 amide bonds. The Kier molecular flexibility index (Phi) is 8.16. The first-order chi connectivity index (χ1) is 9.59. The highest BCUT2D eigenvalue weighted by Gasteiger charge is 2.41. The van der Waals surface area contributed by atoms with Gasteiger partial charge in [-0.05, 0) is 12.8 Å². The van der Waals surface area contributed by atoms with Gasteiger partial charge in [-0.1, -0.05) is 13.3 Å². The Bertz CT molecular complexity index is 427. The molecule has 0 fully saturated rings. The highest BCUT2D eigenvalue weighted by Crippen LogP contribution is 2.45. The van der Waals surface area contributed by atoms with Crippen LogP contribution in [0.25, 0.3) is 0 Å². The summed E-state index contributed by atoms with van der Waals surface area (Å²) in [5.41, 5.74) is -1.98. The summed E-state index contributed by atoms with van der Waals surface area (Å²) >= 11 is 0. The van der Waals surface area contributed by atoms with Gasteiger partial charge in [0, 0.05) is 0 Å². The van der Waals surface area contributed by atoms with Crippen molar-refractivity contribution < 1.29 is 43.7 Å². The van der Waals surface area contributed by atoms with Gasteiger partial charge in [-0.15, -0.1) is 0 Å². The van der Waals surface area contributed by atoms with Crippen LogP contribution >= 0.6 is 7.60 Å². The van der Waals surface area contributed by atoms with Crippen molar-refractivity contribution in [1.82, 2.24) is 0 Å². The number of ether oxygens (including phenoxy) is 1. The predicted molar refractivity (Wildman–Crippen MR) is 69.7 cm³/mol. The zero-order valence-corrected chi connectivity index (χ0v) is 12.4. The lowest BCUT2D eigenvalue weighted by Crippen LogP contribution is -2.30. The van der Waals surface area contributed by atoms with E-state index in [1.807, 2.05) is 6.92 Å². The van der Waals surface area contributed by atoms with Crippen LogP contribution < -0.4 is 0 Å². The molecule has 0 aromatic carbocycles. The zero-order chi connectivity index (χ0) is 16.6. The van der Waals surface area contributed by atoms with E-state index in [0.717, 1.165) is 0 Å². The molecule has 0 aromatic rings. The van der Waals surface area contributed by atoms with E-state index in [-0.39, 0.29) is 6.61 Å². The van der Waals surface area contributed by atoms with Crippen molar-refractivity contribution >= 4 is 25.5 Å². The van der Waals surface area contributed by atoms with Crippen molar-refractivity contribution in [2.45, 2.75) is 38.3 Å². The lowest BCUT2D eigenvalue weighted by molar-refractivity contribution is -0.150. The fourth-order valence-electron chi connectivity index (χ4n) is 1.54. The van der Waals surface area contributed by atoms with E-state index < -0.39 is 49.9 Å². The van der Waals surface area contributed by atoms with Gasteiger partial charge in [-0.2, -0.15) is 0 Å². The third-order valence-electron chi connectivity index (χ3n) is 2.70. The number of carboxylic acid groups (broad SMARTS) is 2. The van der Waals surface area contributed by atoms with Crippen molar-refractivity contribution in [3.63, 3.8) is 0 Å². The second kappa shape index (κ2) is 8.76. The van der Waals surface area contributed by atoms with E-state index >= 15 is 0 Å². The number of carbonyl (C=O) groups excluding carboxylic acids is 1. The maximum Gasteiger partial charge on any atom is 0.339 e. The quantitative estimate of drug-likeness (QED) is 0.254. The molecular weight excluding hydrogens is 307 g/mol. The number of esters is 1. The summed E-state index contributed by atoms with van der Waals surface area (Å²) in [5.74, 6) is -5.78. The minimum atomic E-state index is -4.95. The molecule has 0 aliphatic heterocycles. The topological polar surface area (TPSA) is 158 Å². The van der Waals surface area contributed by atoms with E-state index in [0.29, 0.717) is 12.8 Å². The highest BCUT2D eigenvalue weighted by molar-refractivity contribution is 7.53. The van der Waals surface area contributed by atoms with E-state index in [4.69, 9.17) is 20.0 Å². The van der Waals surface area contributed by atoms with Gasteiger partial charge in [0.2, 0.25) is 0 Å². The fraction of sp³-hybridized carbons (Fsp3) is 0.727. The van der Waals surface area contributed by atoms with Crippen LogP contribution in [-0.2, 0) is 23.7 Å². The maximum atomic E-state index is 11.7. The van der Waals surface area contributed by atoms with Crippen molar-refractivity contribution in [3.05, 3.63) is 0 Å². The van der Waals surface area contributed by atoms with Gasteiger partial charge in [0.05, 0.1) is 18.9 Å². The number of hydrogen-bond acceptors (Lipinski definition) is 5. The average molecular weight is 326 g/mol. The molecule has 9 nitrogen and oxygen atoms in total. The third kappa shape index (κ3) is 7.79. The number of rotatable bonds is 10. The standard InChI is InChI=1S/C11H19O9P/c1-2-3-4-20-11(16)8(21(17,18)19)5-7(10(14)15)6-9(12)13/h7-8H,2-6H2,1H3,(H,12,13)(H,14,15)(H2,17,18,19). The molecule has 0 spiro atoms. The normalized spacial score (nSPS) is 14.2. The van der Waals surface area contributed by atoms with Gasteiger partial charge in [-0.3, -0.25) is 18.9 Å². The van der Waals surface area contributed by atoms with Crippen molar-refractivity contribution in [1.29, 1.82) is 0 Å². The second-order valence-electron chi connectivity index (χ2n) is 4.49. The molecule has 0 saturated heterocycles. The molecule has 2 unspecified atom stereocenters. The van der Waals surface area contributed by atoms with E-state index in [2.05, 4.69) is 4.74 Å². The Morgan fingerprint density at radius 3 is 2.14 bits per heavy atom. The monoisotopic (exact) mass is 326 g/mol. The van der Waals surface area contributed by atoms with Crippen molar-refractivity contribution in [3.8, 4) is 0 Å². The number of unbranched alkanes of at least 4 members (excludes halogenated alkanes) is 1. The summed E-state index contributed by atoms with van der Waals surface area (Å²) in [4.78, 5) is 51.4.